The van der Waals surface area contributed by atoms with Gasteiger partial charge in [-0.2, -0.15) is 0 Å². The van der Waals surface area contributed by atoms with Crippen molar-refractivity contribution < 1.29 is 4.79 Å². The van der Waals surface area contributed by atoms with Gasteiger partial charge in [-0.25, -0.2) is 0 Å². The molecule has 0 heterocycles. The molecule has 0 aromatic carbocycles. The van der Waals surface area contributed by atoms with Gasteiger partial charge in [0.2, 0.25) is 0 Å². The highest BCUT2D eigenvalue weighted by atomic mass is 16.1. The maximum absolute atomic E-state index is 10.7. The average molecular weight is 244 g/mol. The lowest BCUT2D eigenvalue weighted by Crippen LogP contribution is -2.26. The van der Waals surface area contributed by atoms with E-state index in [2.05, 4.69) is 39.0 Å². The van der Waals surface area contributed by atoms with E-state index in [0.717, 1.165) is 6.29 Å². The molecule has 1 heteroatoms. The Morgan fingerprint density at radius 2 is 2.11 bits per heavy atom. The van der Waals surface area contributed by atoms with E-state index in [-0.39, 0.29) is 0 Å². The Hall–Kier alpha value is -1.11. The molecule has 1 unspecified atom stereocenters. The summed E-state index contributed by atoms with van der Waals surface area (Å²) in [4.78, 5) is 10.7. The SMILES string of the molecule is CC1=CCCC(C)(C)C1/C=C/C(=C/C=O)C1CC1. The third-order valence-corrected chi connectivity index (χ3v) is 4.38. The molecule has 1 saturated carbocycles. The zero-order valence-electron chi connectivity index (χ0n) is 11.8. The molecular weight excluding hydrogens is 220 g/mol. The summed E-state index contributed by atoms with van der Waals surface area (Å²) in [6.45, 7) is 6.92. The summed E-state index contributed by atoms with van der Waals surface area (Å²) >= 11 is 0. The van der Waals surface area contributed by atoms with Gasteiger partial charge in [-0.15, -0.1) is 0 Å². The lowest BCUT2D eigenvalue weighted by Gasteiger charge is -2.36. The number of hydrogen-bond donors (Lipinski definition) is 0. The highest BCUT2D eigenvalue weighted by Gasteiger charge is 2.31. The minimum atomic E-state index is 0.338. The zero-order chi connectivity index (χ0) is 13.2. The summed E-state index contributed by atoms with van der Waals surface area (Å²) in [6.07, 6.45) is 14.5. The molecule has 98 valence electrons. The molecule has 0 N–H and O–H groups in total. The largest absolute Gasteiger partial charge is 0.299 e. The molecule has 1 nitrogen and oxygen atoms in total. The third-order valence-electron chi connectivity index (χ3n) is 4.38. The third kappa shape index (κ3) is 3.01. The van der Waals surface area contributed by atoms with Crippen LogP contribution in [0.5, 0.6) is 0 Å². The standard InChI is InChI=1S/C17H24O/c1-13-5-4-11-17(2,3)16(13)9-8-15(10-12-18)14-6-7-14/h5,8-10,12,14,16H,4,6-7,11H2,1-3H3/b9-8+,15-10-. The first-order valence-electron chi connectivity index (χ1n) is 7.05. The maximum Gasteiger partial charge on any atom is 0.143 e. The Kier molecular flexibility index (Phi) is 3.89. The zero-order valence-corrected chi connectivity index (χ0v) is 11.8. The predicted octanol–water partition coefficient (Wildman–Crippen LogP) is 4.46. The first-order valence-corrected chi connectivity index (χ1v) is 7.05. The van der Waals surface area contributed by atoms with E-state index in [1.165, 1.54) is 36.8 Å². The first-order chi connectivity index (χ1) is 8.54. The van der Waals surface area contributed by atoms with Crippen LogP contribution in [0.2, 0.25) is 0 Å². The van der Waals surface area contributed by atoms with E-state index in [1.54, 1.807) is 6.08 Å². The van der Waals surface area contributed by atoms with Gasteiger partial charge < -0.3 is 0 Å². The van der Waals surface area contributed by atoms with Gasteiger partial charge in [-0.05, 0) is 55.6 Å². The molecule has 0 aromatic rings. The smallest absolute Gasteiger partial charge is 0.143 e. The fraction of sp³-hybridized carbons (Fsp3) is 0.588. The molecule has 0 radical (unpaired) electrons. The van der Waals surface area contributed by atoms with Crippen molar-refractivity contribution in [1.82, 2.24) is 0 Å². The average Bonchev–Trinajstić information content (AvgIpc) is 3.10. The highest BCUT2D eigenvalue weighted by Crippen LogP contribution is 2.43. The van der Waals surface area contributed by atoms with Gasteiger partial charge in [0.1, 0.15) is 6.29 Å². The second kappa shape index (κ2) is 5.26. The Balaban J connectivity index is 2.15. The van der Waals surface area contributed by atoms with Crippen LogP contribution in [-0.2, 0) is 4.79 Å². The van der Waals surface area contributed by atoms with Crippen molar-refractivity contribution in [3.63, 3.8) is 0 Å². The monoisotopic (exact) mass is 244 g/mol. The topological polar surface area (TPSA) is 17.1 Å². The summed E-state index contributed by atoms with van der Waals surface area (Å²) in [6, 6.07) is 0. The second-order valence-corrected chi connectivity index (χ2v) is 6.39. The molecule has 0 saturated heterocycles. The summed E-state index contributed by atoms with van der Waals surface area (Å²) in [5.74, 6) is 1.16. The van der Waals surface area contributed by atoms with Crippen molar-refractivity contribution in [3.05, 3.63) is 35.5 Å². The van der Waals surface area contributed by atoms with Crippen molar-refractivity contribution >= 4 is 6.29 Å². The van der Waals surface area contributed by atoms with E-state index in [1.807, 2.05) is 0 Å². The van der Waals surface area contributed by atoms with Crippen LogP contribution in [0.4, 0.5) is 0 Å². The van der Waals surface area contributed by atoms with Crippen LogP contribution in [-0.4, -0.2) is 6.29 Å². The number of aldehydes is 1. The van der Waals surface area contributed by atoms with Gasteiger partial charge in [0.15, 0.2) is 0 Å². The molecule has 0 aliphatic heterocycles. The molecule has 2 aliphatic carbocycles. The number of allylic oxidation sites excluding steroid dienone is 6. The van der Waals surface area contributed by atoms with E-state index >= 15 is 0 Å². The van der Waals surface area contributed by atoms with Gasteiger partial charge in [-0.1, -0.05) is 37.6 Å². The Labute approximate surface area is 111 Å². The molecule has 0 bridgehead atoms. The maximum atomic E-state index is 10.7. The minimum absolute atomic E-state index is 0.338. The highest BCUT2D eigenvalue weighted by molar-refractivity contribution is 5.67. The molecule has 0 aromatic heterocycles. The predicted molar refractivity (Wildman–Crippen MR) is 76.3 cm³/mol. The van der Waals surface area contributed by atoms with E-state index in [4.69, 9.17) is 0 Å². The van der Waals surface area contributed by atoms with Crippen LogP contribution in [0.25, 0.3) is 0 Å². The molecule has 18 heavy (non-hydrogen) atoms. The molecule has 2 aliphatic rings. The van der Waals surface area contributed by atoms with Gasteiger partial charge in [-0.3, -0.25) is 4.79 Å². The second-order valence-electron chi connectivity index (χ2n) is 6.39. The van der Waals surface area contributed by atoms with Gasteiger partial charge in [0, 0.05) is 5.92 Å². The number of rotatable bonds is 4. The normalized spacial score (nSPS) is 28.3. The van der Waals surface area contributed by atoms with Crippen molar-refractivity contribution in [2.75, 3.05) is 0 Å². The molecule has 1 atom stereocenters. The Morgan fingerprint density at radius 1 is 1.39 bits per heavy atom. The van der Waals surface area contributed by atoms with E-state index < -0.39 is 0 Å². The fourth-order valence-corrected chi connectivity index (χ4v) is 3.01. The molecule has 2 rings (SSSR count). The van der Waals surface area contributed by atoms with Crippen molar-refractivity contribution in [1.29, 1.82) is 0 Å². The van der Waals surface area contributed by atoms with Crippen LogP contribution in [0.3, 0.4) is 0 Å². The lowest BCUT2D eigenvalue weighted by molar-refractivity contribution is -0.104. The minimum Gasteiger partial charge on any atom is -0.299 e. The fourth-order valence-electron chi connectivity index (χ4n) is 3.01. The summed E-state index contributed by atoms with van der Waals surface area (Å²) in [5.41, 5.74) is 3.04. The van der Waals surface area contributed by atoms with Crippen LogP contribution in [0.1, 0.15) is 46.5 Å². The molecule has 0 spiro atoms. The lowest BCUT2D eigenvalue weighted by atomic mass is 9.68. The summed E-state index contributed by atoms with van der Waals surface area (Å²) in [7, 11) is 0. The Bertz CT molecular complexity index is 405. The van der Waals surface area contributed by atoms with E-state index in [0.29, 0.717) is 17.3 Å². The van der Waals surface area contributed by atoms with Crippen LogP contribution >= 0.6 is 0 Å². The van der Waals surface area contributed by atoms with E-state index in [9.17, 15) is 4.79 Å². The number of carbonyl (C=O) groups excluding carboxylic acids is 1. The molecule has 1 fully saturated rings. The van der Waals surface area contributed by atoms with Gasteiger partial charge in [0.05, 0.1) is 0 Å². The number of hydrogen-bond acceptors (Lipinski definition) is 1. The molecular formula is C17H24O. The van der Waals surface area contributed by atoms with Crippen LogP contribution < -0.4 is 0 Å². The summed E-state index contributed by atoms with van der Waals surface area (Å²) < 4.78 is 0. The molecule has 0 amide bonds. The summed E-state index contributed by atoms with van der Waals surface area (Å²) in [5, 5.41) is 0. The van der Waals surface area contributed by atoms with Crippen molar-refractivity contribution in [2.45, 2.75) is 46.5 Å². The first kappa shape index (κ1) is 13.3. The number of carbonyl (C=O) groups is 1. The quantitative estimate of drug-likeness (QED) is 0.309. The van der Waals surface area contributed by atoms with Crippen molar-refractivity contribution in [3.8, 4) is 0 Å². The van der Waals surface area contributed by atoms with Crippen molar-refractivity contribution in [2.24, 2.45) is 17.3 Å². The van der Waals surface area contributed by atoms with Gasteiger partial charge >= 0.3 is 0 Å². The van der Waals surface area contributed by atoms with Gasteiger partial charge in [0.25, 0.3) is 0 Å². The van der Waals surface area contributed by atoms with Crippen LogP contribution in [0.15, 0.2) is 35.5 Å². The Morgan fingerprint density at radius 3 is 2.67 bits per heavy atom. The van der Waals surface area contributed by atoms with Crippen LogP contribution in [0, 0.1) is 17.3 Å².